The molecule has 2 aromatic carbocycles. The highest BCUT2D eigenvalue weighted by molar-refractivity contribution is 14.0. The standard InChI is InChI=1S/C25H34N4O3.HI/c1-4-26-25(27-16-23(30)20-10-7-12-21(15-20)32-18(2)3)28-17-24(31)29-14-8-11-19-9-5-6-13-22(19)29;/h5-7,9-10,12-13,15,18,23,30H,4,8,11,14,16-17H2,1-3H3,(H2,26,27,28);1H. The maximum Gasteiger partial charge on any atom is 0.248 e. The molecular weight excluding hydrogens is 531 g/mol. The van der Waals surface area contributed by atoms with Gasteiger partial charge in [-0.2, -0.15) is 0 Å². The van der Waals surface area contributed by atoms with E-state index in [1.54, 1.807) is 0 Å². The van der Waals surface area contributed by atoms with Crippen LogP contribution in [0.3, 0.4) is 0 Å². The molecule has 0 saturated carbocycles. The van der Waals surface area contributed by atoms with Crippen LogP contribution in [0.5, 0.6) is 5.75 Å². The number of benzene rings is 2. The molecule has 1 heterocycles. The Balaban J connectivity index is 0.00000385. The smallest absolute Gasteiger partial charge is 0.248 e. The highest BCUT2D eigenvalue weighted by Gasteiger charge is 2.21. The predicted molar refractivity (Wildman–Crippen MR) is 144 cm³/mol. The van der Waals surface area contributed by atoms with E-state index in [-0.39, 0.29) is 49.1 Å². The number of fused-ring (bicyclic) bond motifs is 1. The number of carbonyl (C=O) groups excluding carboxylic acids is 1. The number of ether oxygens (including phenoxy) is 1. The number of aliphatic hydroxyl groups is 1. The van der Waals surface area contributed by atoms with E-state index in [0.717, 1.165) is 29.8 Å². The van der Waals surface area contributed by atoms with Crippen molar-refractivity contribution in [3.63, 3.8) is 0 Å². The first-order valence-corrected chi connectivity index (χ1v) is 11.3. The number of para-hydroxylation sites is 1. The lowest BCUT2D eigenvalue weighted by molar-refractivity contribution is -0.117. The number of anilines is 1. The number of hydrogen-bond acceptors (Lipinski definition) is 4. The SMILES string of the molecule is CCNC(=NCC(=O)N1CCCc2ccccc21)NCC(O)c1cccc(OC(C)C)c1.I. The van der Waals surface area contributed by atoms with Crippen molar-refractivity contribution in [2.24, 2.45) is 4.99 Å². The molecule has 1 unspecified atom stereocenters. The summed E-state index contributed by atoms with van der Waals surface area (Å²) in [6, 6.07) is 15.5. The van der Waals surface area contributed by atoms with E-state index in [1.807, 2.05) is 68.1 Å². The lowest BCUT2D eigenvalue weighted by Crippen LogP contribution is -2.41. The van der Waals surface area contributed by atoms with Gasteiger partial charge in [0.2, 0.25) is 5.91 Å². The number of halogens is 1. The summed E-state index contributed by atoms with van der Waals surface area (Å²) in [4.78, 5) is 19.1. The number of rotatable bonds is 8. The van der Waals surface area contributed by atoms with E-state index in [4.69, 9.17) is 4.74 Å². The summed E-state index contributed by atoms with van der Waals surface area (Å²) in [5.41, 5.74) is 2.94. The molecule has 8 heteroatoms. The third-order valence-corrected chi connectivity index (χ3v) is 5.21. The number of nitrogens with one attached hydrogen (secondary N) is 2. The Bertz CT molecular complexity index is 935. The van der Waals surface area contributed by atoms with Crippen LogP contribution in [0.25, 0.3) is 0 Å². The quantitative estimate of drug-likeness (QED) is 0.258. The maximum absolute atomic E-state index is 12.9. The van der Waals surface area contributed by atoms with Crippen LogP contribution in [-0.2, 0) is 11.2 Å². The van der Waals surface area contributed by atoms with Crippen molar-refractivity contribution in [2.45, 2.75) is 45.8 Å². The van der Waals surface area contributed by atoms with E-state index in [1.165, 1.54) is 5.56 Å². The van der Waals surface area contributed by atoms with E-state index < -0.39 is 6.10 Å². The summed E-state index contributed by atoms with van der Waals surface area (Å²) in [6.07, 6.45) is 1.28. The number of carbonyl (C=O) groups is 1. The molecule has 3 rings (SSSR count). The van der Waals surface area contributed by atoms with Crippen LogP contribution in [0, 0.1) is 0 Å². The molecule has 0 aromatic heterocycles. The zero-order chi connectivity index (χ0) is 22.9. The van der Waals surface area contributed by atoms with Crippen LogP contribution in [0.15, 0.2) is 53.5 Å². The zero-order valence-electron chi connectivity index (χ0n) is 19.6. The first kappa shape index (κ1) is 26.9. The molecule has 7 nitrogen and oxygen atoms in total. The maximum atomic E-state index is 12.9. The topological polar surface area (TPSA) is 86.2 Å². The van der Waals surface area contributed by atoms with Gasteiger partial charge in [-0.25, -0.2) is 4.99 Å². The Morgan fingerprint density at radius 2 is 1.97 bits per heavy atom. The van der Waals surface area contributed by atoms with Crippen molar-refractivity contribution in [2.75, 3.05) is 31.1 Å². The Kier molecular flexibility index (Phi) is 10.9. The lowest BCUT2D eigenvalue weighted by Gasteiger charge is -2.29. The fraction of sp³-hybridized carbons (Fsp3) is 0.440. The van der Waals surface area contributed by atoms with Crippen LogP contribution in [-0.4, -0.2) is 49.3 Å². The second kappa shape index (κ2) is 13.4. The third kappa shape index (κ3) is 7.89. The molecule has 1 aliphatic heterocycles. The molecule has 0 fully saturated rings. The average Bonchev–Trinajstić information content (AvgIpc) is 2.79. The van der Waals surface area contributed by atoms with Gasteiger partial charge in [0.15, 0.2) is 5.96 Å². The summed E-state index contributed by atoms with van der Waals surface area (Å²) in [7, 11) is 0. The van der Waals surface area contributed by atoms with Gasteiger partial charge in [0.1, 0.15) is 12.3 Å². The van der Waals surface area contributed by atoms with Crippen LogP contribution in [0.2, 0.25) is 0 Å². The van der Waals surface area contributed by atoms with Crippen molar-refractivity contribution in [1.29, 1.82) is 0 Å². The van der Waals surface area contributed by atoms with Gasteiger partial charge in [0.05, 0.1) is 12.2 Å². The molecule has 3 N–H and O–H groups in total. The van der Waals surface area contributed by atoms with E-state index in [0.29, 0.717) is 19.0 Å². The Labute approximate surface area is 213 Å². The summed E-state index contributed by atoms with van der Waals surface area (Å²) in [5.74, 6) is 1.19. The summed E-state index contributed by atoms with van der Waals surface area (Å²) < 4.78 is 5.71. The lowest BCUT2D eigenvalue weighted by atomic mass is 10.0. The van der Waals surface area contributed by atoms with Gasteiger partial charge in [-0.3, -0.25) is 4.79 Å². The molecular formula is C25H35IN4O3. The number of amides is 1. The molecule has 2 aromatic rings. The van der Waals surface area contributed by atoms with Crippen molar-refractivity contribution >= 4 is 41.5 Å². The van der Waals surface area contributed by atoms with Gasteiger partial charge in [-0.05, 0) is 62.9 Å². The minimum Gasteiger partial charge on any atom is -0.491 e. The first-order valence-electron chi connectivity index (χ1n) is 11.3. The van der Waals surface area contributed by atoms with E-state index >= 15 is 0 Å². The van der Waals surface area contributed by atoms with Crippen LogP contribution >= 0.6 is 24.0 Å². The second-order valence-corrected chi connectivity index (χ2v) is 8.11. The van der Waals surface area contributed by atoms with Crippen LogP contribution in [0.4, 0.5) is 5.69 Å². The monoisotopic (exact) mass is 566 g/mol. The summed E-state index contributed by atoms with van der Waals surface area (Å²) in [5, 5.41) is 16.9. The highest BCUT2D eigenvalue weighted by atomic mass is 127. The van der Waals surface area contributed by atoms with E-state index in [9.17, 15) is 9.90 Å². The Morgan fingerprint density at radius 3 is 2.73 bits per heavy atom. The molecule has 180 valence electrons. The summed E-state index contributed by atoms with van der Waals surface area (Å²) in [6.45, 7) is 7.56. The minimum absolute atomic E-state index is 0. The zero-order valence-corrected chi connectivity index (χ0v) is 21.9. The molecule has 0 spiro atoms. The number of guanidine groups is 1. The molecule has 0 saturated heterocycles. The third-order valence-electron chi connectivity index (χ3n) is 5.21. The molecule has 0 aliphatic carbocycles. The number of aliphatic hydroxyl groups excluding tert-OH is 1. The van der Waals surface area contributed by atoms with Gasteiger partial charge >= 0.3 is 0 Å². The van der Waals surface area contributed by atoms with Crippen LogP contribution < -0.4 is 20.3 Å². The van der Waals surface area contributed by atoms with Gasteiger partial charge in [-0.15, -0.1) is 24.0 Å². The minimum atomic E-state index is -0.737. The average molecular weight is 566 g/mol. The van der Waals surface area contributed by atoms with Gasteiger partial charge < -0.3 is 25.4 Å². The van der Waals surface area contributed by atoms with Crippen molar-refractivity contribution < 1.29 is 14.6 Å². The molecule has 33 heavy (non-hydrogen) atoms. The van der Waals surface area contributed by atoms with Crippen LogP contribution in [0.1, 0.15) is 44.4 Å². The number of hydrogen-bond donors (Lipinski definition) is 3. The summed E-state index contributed by atoms with van der Waals surface area (Å²) >= 11 is 0. The molecule has 1 aliphatic rings. The van der Waals surface area contributed by atoms with Crippen molar-refractivity contribution in [3.05, 3.63) is 59.7 Å². The molecule has 0 bridgehead atoms. The highest BCUT2D eigenvalue weighted by Crippen LogP contribution is 2.26. The molecule has 0 radical (unpaired) electrons. The predicted octanol–water partition coefficient (Wildman–Crippen LogP) is 3.66. The number of nitrogens with zero attached hydrogens (tertiary/aromatic N) is 2. The van der Waals surface area contributed by atoms with Gasteiger partial charge in [0.25, 0.3) is 0 Å². The molecule has 1 amide bonds. The Hall–Kier alpha value is -2.33. The van der Waals surface area contributed by atoms with Gasteiger partial charge in [0, 0.05) is 25.3 Å². The first-order chi connectivity index (χ1) is 15.5. The Morgan fingerprint density at radius 1 is 1.18 bits per heavy atom. The normalized spacial score (nSPS) is 14.2. The largest absolute Gasteiger partial charge is 0.491 e. The fourth-order valence-corrected chi connectivity index (χ4v) is 3.74. The fourth-order valence-electron chi connectivity index (χ4n) is 3.74. The molecule has 1 atom stereocenters. The second-order valence-electron chi connectivity index (χ2n) is 8.11. The number of aryl methyl sites for hydroxylation is 1. The van der Waals surface area contributed by atoms with Crippen molar-refractivity contribution in [3.8, 4) is 5.75 Å². The van der Waals surface area contributed by atoms with E-state index in [2.05, 4.69) is 21.7 Å². The van der Waals surface area contributed by atoms with Crippen molar-refractivity contribution in [1.82, 2.24) is 10.6 Å². The van der Waals surface area contributed by atoms with Gasteiger partial charge in [-0.1, -0.05) is 30.3 Å². The number of aliphatic imine (C=N–C) groups is 1.